The molecule has 0 fully saturated rings. The van der Waals surface area contributed by atoms with Crippen LogP contribution in [0.3, 0.4) is 0 Å². The molecule has 0 radical (unpaired) electrons. The standard InChI is InChI=1S/C54H46N2O10S2Si/c1-61-37-26-38(62-2)30-44(29-37)69(45-31-39(63-3)27-40(32-45)64-4,46-33-41(65-5)28-42(34-46)66-6)43-24-35(55-47-15-7-11-19-51(47)67(57,58)52-20-12-8-16-48(52)55)23-36(25-43)56-49-17-9-13-21-53(49)68(59,60)54-22-14-10-18-50(54)56/h7-34H,1-6H3. The molecule has 0 saturated carbocycles. The normalized spacial score (nSPS) is 14.1. The van der Waals surface area contributed by atoms with Gasteiger partial charge in [-0.3, -0.25) is 0 Å². The summed E-state index contributed by atoms with van der Waals surface area (Å²) < 4.78 is 94.2. The zero-order valence-corrected chi connectivity index (χ0v) is 41.1. The third-order valence-electron chi connectivity index (χ3n) is 12.8. The van der Waals surface area contributed by atoms with Crippen LogP contribution in [0.25, 0.3) is 0 Å². The van der Waals surface area contributed by atoms with Crippen molar-refractivity contribution in [3.8, 4) is 34.5 Å². The number of hydrogen-bond donors (Lipinski definition) is 0. The molecule has 69 heavy (non-hydrogen) atoms. The van der Waals surface area contributed by atoms with E-state index in [-0.39, 0.29) is 19.6 Å². The van der Waals surface area contributed by atoms with Crippen LogP contribution in [0, 0.1) is 0 Å². The first-order valence-corrected chi connectivity index (χ1v) is 26.7. The molecule has 0 atom stereocenters. The van der Waals surface area contributed by atoms with Crippen LogP contribution >= 0.6 is 0 Å². The molecule has 8 aromatic carbocycles. The molecule has 0 saturated heterocycles. The summed E-state index contributed by atoms with van der Waals surface area (Å²) in [4.78, 5) is 4.44. The summed E-state index contributed by atoms with van der Waals surface area (Å²) in [5.74, 6) is 3.14. The van der Waals surface area contributed by atoms with Crippen LogP contribution < -0.4 is 59.0 Å². The number of ether oxygens (including phenoxy) is 6. The first-order valence-electron chi connectivity index (χ1n) is 21.7. The Morgan fingerprint density at radius 2 is 0.551 bits per heavy atom. The van der Waals surface area contributed by atoms with Crippen LogP contribution in [0.2, 0.25) is 0 Å². The Kier molecular flexibility index (Phi) is 11.4. The molecule has 0 bridgehead atoms. The van der Waals surface area contributed by atoms with Crippen molar-refractivity contribution < 1.29 is 45.3 Å². The maximum atomic E-state index is 14.5. The van der Waals surface area contributed by atoms with E-state index in [9.17, 15) is 16.8 Å². The van der Waals surface area contributed by atoms with Gasteiger partial charge < -0.3 is 38.2 Å². The second kappa shape index (κ2) is 17.4. The fourth-order valence-electron chi connectivity index (χ4n) is 9.67. The van der Waals surface area contributed by atoms with E-state index >= 15 is 0 Å². The van der Waals surface area contributed by atoms with Crippen LogP contribution in [0.15, 0.2) is 189 Å². The summed E-state index contributed by atoms with van der Waals surface area (Å²) in [5, 5.41) is 3.17. The molecule has 8 aromatic rings. The van der Waals surface area contributed by atoms with E-state index in [1.54, 1.807) is 115 Å². The second-order valence-electron chi connectivity index (χ2n) is 16.3. The topological polar surface area (TPSA) is 130 Å². The van der Waals surface area contributed by atoms with Gasteiger partial charge in [0.05, 0.1) is 85.0 Å². The van der Waals surface area contributed by atoms with E-state index in [0.717, 1.165) is 20.7 Å². The van der Waals surface area contributed by atoms with Crippen LogP contribution in [0.4, 0.5) is 34.1 Å². The van der Waals surface area contributed by atoms with Gasteiger partial charge in [-0.05, 0) is 124 Å². The highest BCUT2D eigenvalue weighted by atomic mass is 32.2. The fraction of sp³-hybridized carbons (Fsp3) is 0.111. The second-order valence-corrected chi connectivity index (χ2v) is 23.9. The van der Waals surface area contributed by atoms with Gasteiger partial charge >= 0.3 is 0 Å². The van der Waals surface area contributed by atoms with Crippen LogP contribution in [-0.2, 0) is 19.7 Å². The number of hydrogen-bond acceptors (Lipinski definition) is 12. The van der Waals surface area contributed by atoms with Crippen molar-refractivity contribution in [1.29, 1.82) is 0 Å². The summed E-state index contributed by atoms with van der Waals surface area (Å²) in [7, 11) is -2.32. The summed E-state index contributed by atoms with van der Waals surface area (Å²) in [6.07, 6.45) is 0. The average molecular weight is 975 g/mol. The molecule has 348 valence electrons. The molecule has 0 unspecified atom stereocenters. The molecule has 0 aromatic heterocycles. The van der Waals surface area contributed by atoms with E-state index in [4.69, 9.17) is 28.4 Å². The Morgan fingerprint density at radius 1 is 0.319 bits per heavy atom. The third kappa shape index (κ3) is 7.23. The first kappa shape index (κ1) is 45.1. The maximum absolute atomic E-state index is 14.5. The molecule has 0 N–H and O–H groups in total. The highest BCUT2D eigenvalue weighted by Gasteiger charge is 2.46. The Balaban J connectivity index is 1.44. The van der Waals surface area contributed by atoms with Gasteiger partial charge in [-0.15, -0.1) is 0 Å². The summed E-state index contributed by atoms with van der Waals surface area (Å²) >= 11 is 0. The number of sulfone groups is 2. The van der Waals surface area contributed by atoms with Gasteiger partial charge in [0.25, 0.3) is 0 Å². The van der Waals surface area contributed by atoms with Crippen molar-refractivity contribution >= 4 is 82.6 Å². The number of anilines is 6. The Labute approximate surface area is 402 Å². The van der Waals surface area contributed by atoms with E-state index in [1.807, 2.05) is 94.7 Å². The Morgan fingerprint density at radius 3 is 0.797 bits per heavy atom. The van der Waals surface area contributed by atoms with E-state index in [0.29, 0.717) is 68.6 Å². The summed E-state index contributed by atoms with van der Waals surface area (Å²) in [6.45, 7) is 0. The highest BCUT2D eigenvalue weighted by molar-refractivity contribution is 7.92. The monoisotopic (exact) mass is 974 g/mol. The van der Waals surface area contributed by atoms with Gasteiger partial charge in [-0.25, -0.2) is 16.8 Å². The van der Waals surface area contributed by atoms with Gasteiger partial charge in [-0.1, -0.05) is 48.5 Å². The lowest BCUT2D eigenvalue weighted by molar-refractivity contribution is 0.395. The van der Waals surface area contributed by atoms with Gasteiger partial charge in [-0.2, -0.15) is 0 Å². The molecule has 0 amide bonds. The number of rotatable bonds is 12. The largest absolute Gasteiger partial charge is 0.497 e. The lowest BCUT2D eigenvalue weighted by Crippen LogP contribution is -2.74. The van der Waals surface area contributed by atoms with Gasteiger partial charge in [0.2, 0.25) is 19.7 Å². The third-order valence-corrected chi connectivity index (χ3v) is 21.1. The van der Waals surface area contributed by atoms with E-state index < -0.39 is 27.7 Å². The van der Waals surface area contributed by atoms with Gasteiger partial charge in [0.15, 0.2) is 8.07 Å². The highest BCUT2D eigenvalue weighted by Crippen LogP contribution is 2.51. The molecule has 0 spiro atoms. The summed E-state index contributed by atoms with van der Waals surface area (Å²) in [6, 6.07) is 51.3. The van der Waals surface area contributed by atoms with Crippen LogP contribution in [0.1, 0.15) is 0 Å². The predicted octanol–water partition coefficient (Wildman–Crippen LogP) is 8.35. The number of methoxy groups -OCH3 is 6. The zero-order valence-electron chi connectivity index (χ0n) is 38.5. The molecule has 15 heteroatoms. The van der Waals surface area contributed by atoms with Crippen molar-refractivity contribution in [3.63, 3.8) is 0 Å². The Bertz CT molecular complexity index is 3120. The molecular formula is C54H46N2O10S2Si. The molecule has 12 nitrogen and oxygen atoms in total. The zero-order chi connectivity index (χ0) is 48.2. The first-order chi connectivity index (χ1) is 33.4. The van der Waals surface area contributed by atoms with Crippen molar-refractivity contribution in [2.24, 2.45) is 0 Å². The van der Waals surface area contributed by atoms with E-state index in [1.165, 1.54) is 0 Å². The predicted molar refractivity (Wildman–Crippen MR) is 270 cm³/mol. The molecule has 2 aliphatic heterocycles. The minimum Gasteiger partial charge on any atom is -0.497 e. The molecule has 2 aliphatic rings. The molecule has 2 heterocycles. The lowest BCUT2D eigenvalue weighted by Gasteiger charge is -2.39. The molecule has 0 aliphatic carbocycles. The lowest BCUT2D eigenvalue weighted by atomic mass is 10.1. The van der Waals surface area contributed by atoms with Crippen LogP contribution in [-0.4, -0.2) is 67.6 Å². The van der Waals surface area contributed by atoms with Crippen molar-refractivity contribution in [1.82, 2.24) is 0 Å². The average Bonchev–Trinajstić information content (AvgIpc) is 3.38. The summed E-state index contributed by atoms with van der Waals surface area (Å²) in [5.41, 5.74) is 2.89. The number of para-hydroxylation sites is 4. The number of benzene rings is 8. The van der Waals surface area contributed by atoms with Crippen molar-refractivity contribution in [2.75, 3.05) is 52.5 Å². The molecule has 10 rings (SSSR count). The minimum atomic E-state index is -3.97. The van der Waals surface area contributed by atoms with Gasteiger partial charge in [0.1, 0.15) is 34.5 Å². The van der Waals surface area contributed by atoms with E-state index in [2.05, 4.69) is 12.1 Å². The minimum absolute atomic E-state index is 0.131. The van der Waals surface area contributed by atoms with Gasteiger partial charge in [0, 0.05) is 29.6 Å². The fourth-order valence-corrected chi connectivity index (χ4v) is 17.8. The smallest absolute Gasteiger partial charge is 0.210 e. The molecular weight excluding hydrogens is 929 g/mol. The maximum Gasteiger partial charge on any atom is 0.210 e. The Hall–Kier alpha value is -7.72. The SMILES string of the molecule is COc1cc(OC)cc([Si](c2cc(OC)cc(OC)c2)(c2cc(OC)cc(OC)c2)c2cc(N3c4ccccc4S(=O)(=O)c4ccccc43)cc(N3c4ccccc4S(=O)(=O)c4ccccc43)c2)c1. The van der Waals surface area contributed by atoms with Crippen molar-refractivity contribution in [2.45, 2.75) is 19.6 Å². The number of nitrogens with zero attached hydrogens (tertiary/aromatic N) is 2. The quantitative estimate of drug-likeness (QED) is 0.0862. The van der Waals surface area contributed by atoms with Crippen LogP contribution in [0.5, 0.6) is 34.5 Å². The van der Waals surface area contributed by atoms with Crippen molar-refractivity contribution in [3.05, 3.63) is 170 Å². The number of fused-ring (bicyclic) bond motifs is 4.